The first-order valence-electron chi connectivity index (χ1n) is 11.2. The number of rotatable bonds is 5. The molecule has 4 heterocycles. The molecule has 1 amide bonds. The Labute approximate surface area is 210 Å². The maximum atomic E-state index is 14.6. The van der Waals surface area contributed by atoms with Gasteiger partial charge in [0.2, 0.25) is 21.2 Å². The molecule has 12 heteroatoms. The van der Waals surface area contributed by atoms with Crippen molar-refractivity contribution in [2.75, 3.05) is 13.7 Å². The van der Waals surface area contributed by atoms with E-state index >= 15 is 0 Å². The van der Waals surface area contributed by atoms with Crippen LogP contribution in [0.3, 0.4) is 0 Å². The fourth-order valence-electron chi connectivity index (χ4n) is 3.84. The summed E-state index contributed by atoms with van der Waals surface area (Å²) < 4.78 is 63.8. The van der Waals surface area contributed by atoms with Crippen molar-refractivity contribution < 1.29 is 31.5 Å². The first kappa shape index (κ1) is 24.5. The number of nitrogens with zero attached hydrogens (tertiary/aromatic N) is 3. The van der Waals surface area contributed by atoms with Crippen LogP contribution in [0.4, 0.5) is 8.78 Å². The summed E-state index contributed by atoms with van der Waals surface area (Å²) in [4.78, 5) is 25.3. The minimum Gasteiger partial charge on any atom is -0.489 e. The Bertz CT molecular complexity index is 1630. The average molecular weight is 527 g/mol. The predicted octanol–water partition coefficient (Wildman–Crippen LogP) is 3.62. The van der Waals surface area contributed by atoms with Gasteiger partial charge in [-0.1, -0.05) is 6.07 Å². The van der Waals surface area contributed by atoms with Gasteiger partial charge in [0.05, 0.1) is 42.9 Å². The molecule has 37 heavy (non-hydrogen) atoms. The van der Waals surface area contributed by atoms with Crippen LogP contribution in [0.2, 0.25) is 0 Å². The number of sulfone groups is 1. The number of halogens is 2. The molecule has 9 nitrogen and oxygen atoms in total. The number of hydrogen-bond donors (Lipinski definition) is 1. The van der Waals surface area contributed by atoms with Crippen molar-refractivity contribution in [1.82, 2.24) is 20.3 Å². The highest BCUT2D eigenvalue weighted by atomic mass is 32.2. The highest BCUT2D eigenvalue weighted by Crippen LogP contribution is 2.35. The van der Waals surface area contributed by atoms with Crippen molar-refractivity contribution in [1.29, 1.82) is 0 Å². The summed E-state index contributed by atoms with van der Waals surface area (Å²) in [6, 6.07) is 12.4. The lowest BCUT2D eigenvalue weighted by atomic mass is 10.1. The molecule has 0 bridgehead atoms. The molecule has 1 aliphatic heterocycles. The number of pyridine rings is 3. The van der Waals surface area contributed by atoms with Crippen LogP contribution < -0.4 is 14.8 Å². The molecule has 1 atom stereocenters. The SMILES string of the molecule is COc1cccc(-c2ccc3cnc(CNC(=O)c4cc(F)c5c(c4)S(=O)(=O)[C@@H](F)CCO5)cc3n2)n1. The highest BCUT2D eigenvalue weighted by Gasteiger charge is 2.35. The van der Waals surface area contributed by atoms with Crippen molar-refractivity contribution in [2.24, 2.45) is 0 Å². The first-order chi connectivity index (χ1) is 17.8. The second kappa shape index (κ2) is 9.69. The lowest BCUT2D eigenvalue weighted by Gasteiger charge is -2.12. The molecule has 4 aromatic rings. The van der Waals surface area contributed by atoms with Crippen molar-refractivity contribution in [3.63, 3.8) is 0 Å². The Kier molecular flexibility index (Phi) is 6.42. The Morgan fingerprint density at radius 1 is 1.16 bits per heavy atom. The number of carbonyl (C=O) groups is 1. The maximum absolute atomic E-state index is 14.6. The Morgan fingerprint density at radius 2 is 1.97 bits per heavy atom. The van der Waals surface area contributed by atoms with E-state index in [0.29, 0.717) is 28.5 Å². The van der Waals surface area contributed by atoms with Gasteiger partial charge in [-0.05, 0) is 36.4 Å². The molecule has 0 saturated carbocycles. The van der Waals surface area contributed by atoms with E-state index in [0.717, 1.165) is 17.5 Å². The smallest absolute Gasteiger partial charge is 0.251 e. The van der Waals surface area contributed by atoms with Crippen LogP contribution in [-0.2, 0) is 16.4 Å². The van der Waals surface area contributed by atoms with Gasteiger partial charge in [-0.15, -0.1) is 0 Å². The molecule has 0 aliphatic carbocycles. The minimum atomic E-state index is -4.50. The minimum absolute atomic E-state index is 0.0498. The number of benzene rings is 1. The Morgan fingerprint density at radius 3 is 2.78 bits per heavy atom. The van der Waals surface area contributed by atoms with Gasteiger partial charge in [0.15, 0.2) is 11.6 Å². The summed E-state index contributed by atoms with van der Waals surface area (Å²) in [5.74, 6) is -1.96. The molecule has 1 N–H and O–H groups in total. The quantitative estimate of drug-likeness (QED) is 0.419. The molecule has 0 saturated heterocycles. The van der Waals surface area contributed by atoms with E-state index in [1.807, 2.05) is 6.07 Å². The first-order valence-corrected chi connectivity index (χ1v) is 12.7. The summed E-state index contributed by atoms with van der Waals surface area (Å²) in [7, 11) is -2.98. The monoisotopic (exact) mass is 526 g/mol. The molecule has 190 valence electrons. The number of alkyl halides is 1. The molecule has 0 unspecified atom stereocenters. The lowest BCUT2D eigenvalue weighted by Crippen LogP contribution is -2.24. The standard InChI is InChI=1S/C25H20F2N4O5S/c1-35-23-4-2-3-18(31-23)19-6-5-14-12-28-16(11-20(14)30-19)13-29-25(32)15-9-17(26)24-21(10-15)37(33,34)22(27)7-8-36-24/h2-6,9-12,22H,7-8,13H2,1H3,(H,29,32)/t22-/m1/s1. The zero-order chi connectivity index (χ0) is 26.2. The van der Waals surface area contributed by atoms with E-state index in [1.165, 1.54) is 7.11 Å². The van der Waals surface area contributed by atoms with E-state index < -0.39 is 44.1 Å². The molecule has 0 spiro atoms. The van der Waals surface area contributed by atoms with Crippen LogP contribution in [0.1, 0.15) is 22.5 Å². The van der Waals surface area contributed by atoms with Crippen LogP contribution in [0, 0.1) is 5.82 Å². The predicted molar refractivity (Wildman–Crippen MR) is 129 cm³/mol. The molecule has 0 radical (unpaired) electrons. The van der Waals surface area contributed by atoms with Gasteiger partial charge in [0.25, 0.3) is 5.91 Å². The Hall–Kier alpha value is -4.19. The zero-order valence-corrected chi connectivity index (χ0v) is 20.3. The summed E-state index contributed by atoms with van der Waals surface area (Å²) in [5.41, 5.74) is -0.246. The largest absolute Gasteiger partial charge is 0.489 e. The van der Waals surface area contributed by atoms with Gasteiger partial charge >= 0.3 is 0 Å². The molecule has 1 aliphatic rings. The van der Waals surface area contributed by atoms with E-state index in [1.54, 1.807) is 36.5 Å². The van der Waals surface area contributed by atoms with E-state index in [-0.39, 0.29) is 18.7 Å². The number of aromatic nitrogens is 3. The molecule has 3 aromatic heterocycles. The van der Waals surface area contributed by atoms with Crippen molar-refractivity contribution in [2.45, 2.75) is 23.4 Å². The molecule has 0 fully saturated rings. The van der Waals surface area contributed by atoms with Crippen molar-refractivity contribution >= 4 is 26.6 Å². The van der Waals surface area contributed by atoms with E-state index in [9.17, 15) is 22.0 Å². The third-order valence-electron chi connectivity index (χ3n) is 5.76. The summed E-state index contributed by atoms with van der Waals surface area (Å²) in [5, 5.41) is 3.34. The molecular weight excluding hydrogens is 506 g/mol. The van der Waals surface area contributed by atoms with Crippen molar-refractivity contribution in [3.05, 3.63) is 71.8 Å². The number of amides is 1. The van der Waals surface area contributed by atoms with Gasteiger partial charge in [0.1, 0.15) is 4.90 Å². The van der Waals surface area contributed by atoms with Gasteiger partial charge in [-0.3, -0.25) is 9.78 Å². The fourth-order valence-corrected chi connectivity index (χ4v) is 5.23. The molecule has 1 aromatic carbocycles. The maximum Gasteiger partial charge on any atom is 0.251 e. The third-order valence-corrected chi connectivity index (χ3v) is 7.59. The van der Waals surface area contributed by atoms with E-state index in [4.69, 9.17) is 9.47 Å². The average Bonchev–Trinajstić information content (AvgIpc) is 3.02. The second-order valence-electron chi connectivity index (χ2n) is 8.19. The second-order valence-corrected chi connectivity index (χ2v) is 10.2. The molecular formula is C25H20F2N4O5S. The van der Waals surface area contributed by atoms with Crippen LogP contribution >= 0.6 is 0 Å². The van der Waals surface area contributed by atoms with E-state index in [2.05, 4.69) is 20.3 Å². The zero-order valence-electron chi connectivity index (χ0n) is 19.4. The summed E-state index contributed by atoms with van der Waals surface area (Å²) in [6.45, 7) is -0.348. The topological polar surface area (TPSA) is 120 Å². The number of fused-ring (bicyclic) bond motifs is 2. The Balaban J connectivity index is 1.38. The van der Waals surface area contributed by atoms with Gasteiger partial charge in [0, 0.05) is 29.6 Å². The van der Waals surface area contributed by atoms with Crippen LogP contribution in [-0.4, -0.2) is 48.5 Å². The normalized spacial score (nSPS) is 16.4. The molecule has 5 rings (SSSR count). The van der Waals surface area contributed by atoms with Gasteiger partial charge < -0.3 is 14.8 Å². The summed E-state index contributed by atoms with van der Waals surface area (Å²) in [6.07, 6.45) is 1.16. The number of hydrogen-bond acceptors (Lipinski definition) is 8. The number of ether oxygens (including phenoxy) is 2. The number of methoxy groups -OCH3 is 1. The van der Waals surface area contributed by atoms with Crippen LogP contribution in [0.25, 0.3) is 22.3 Å². The number of carbonyl (C=O) groups excluding carboxylic acids is 1. The van der Waals surface area contributed by atoms with Gasteiger partial charge in [-0.25, -0.2) is 27.2 Å². The lowest BCUT2D eigenvalue weighted by molar-refractivity contribution is 0.0949. The highest BCUT2D eigenvalue weighted by molar-refractivity contribution is 7.92. The van der Waals surface area contributed by atoms with Crippen LogP contribution in [0.15, 0.2) is 59.6 Å². The van der Waals surface area contributed by atoms with Gasteiger partial charge in [-0.2, -0.15) is 0 Å². The van der Waals surface area contributed by atoms with Crippen LogP contribution in [0.5, 0.6) is 11.6 Å². The number of nitrogens with one attached hydrogen (secondary N) is 1. The third kappa shape index (κ3) is 4.79. The fraction of sp³-hybridized carbons (Fsp3) is 0.200. The summed E-state index contributed by atoms with van der Waals surface area (Å²) >= 11 is 0. The van der Waals surface area contributed by atoms with Crippen molar-refractivity contribution in [3.8, 4) is 23.0 Å².